The number of carbonyl (C=O) groups is 1. The van der Waals surface area contributed by atoms with Crippen LogP contribution in [0, 0.1) is 18.8 Å². The largest absolute Gasteiger partial charge is 0.321 e. The van der Waals surface area contributed by atoms with Crippen molar-refractivity contribution in [1.29, 1.82) is 0 Å². The molecular formula is C15H12Cl2N2OS. The van der Waals surface area contributed by atoms with E-state index >= 15 is 0 Å². The zero-order chi connectivity index (χ0) is 15.4. The summed E-state index contributed by atoms with van der Waals surface area (Å²) in [6, 6.07) is 6.74. The lowest BCUT2D eigenvalue weighted by atomic mass is 10.2. The van der Waals surface area contributed by atoms with Crippen molar-refractivity contribution in [2.45, 2.75) is 6.92 Å². The van der Waals surface area contributed by atoms with E-state index in [-0.39, 0.29) is 5.91 Å². The number of halogens is 2. The van der Waals surface area contributed by atoms with Crippen LogP contribution in [0.15, 0.2) is 24.3 Å². The molecular weight excluding hydrogens is 327 g/mol. The third-order valence-electron chi connectivity index (χ3n) is 2.62. The Balaban J connectivity index is 2.18. The third kappa shape index (κ3) is 3.99. The molecule has 108 valence electrons. The van der Waals surface area contributed by atoms with Crippen molar-refractivity contribution < 1.29 is 4.79 Å². The molecule has 2 aromatic rings. The van der Waals surface area contributed by atoms with Crippen LogP contribution in [0.4, 0.5) is 5.69 Å². The van der Waals surface area contributed by atoms with Gasteiger partial charge in [0, 0.05) is 5.69 Å². The maximum atomic E-state index is 12.2. The fourth-order valence-electron chi connectivity index (χ4n) is 1.62. The predicted molar refractivity (Wildman–Crippen MR) is 89.4 cm³/mol. The van der Waals surface area contributed by atoms with Gasteiger partial charge in [0.05, 0.1) is 26.3 Å². The second-order valence-electron chi connectivity index (χ2n) is 4.21. The zero-order valence-corrected chi connectivity index (χ0v) is 13.5. The van der Waals surface area contributed by atoms with Gasteiger partial charge in [-0.2, -0.15) is 0 Å². The molecule has 0 unspecified atom stereocenters. The summed E-state index contributed by atoms with van der Waals surface area (Å²) < 4.78 is 0. The molecule has 0 spiro atoms. The van der Waals surface area contributed by atoms with Gasteiger partial charge in [0.15, 0.2) is 0 Å². The van der Waals surface area contributed by atoms with Gasteiger partial charge in [0.1, 0.15) is 0 Å². The number of aryl methyl sites for hydroxylation is 1. The monoisotopic (exact) mass is 338 g/mol. The molecule has 21 heavy (non-hydrogen) atoms. The minimum absolute atomic E-state index is 0.206. The fraction of sp³-hybridized carbons (Fsp3) is 0.133. The molecule has 0 radical (unpaired) electrons. The number of hydrogen-bond donors (Lipinski definition) is 2. The molecule has 2 rings (SSSR count). The van der Waals surface area contributed by atoms with Crippen molar-refractivity contribution in [3.05, 3.63) is 49.6 Å². The molecule has 0 saturated carbocycles. The lowest BCUT2D eigenvalue weighted by molar-refractivity contribution is 0.103. The molecule has 0 fully saturated rings. The summed E-state index contributed by atoms with van der Waals surface area (Å²) in [7, 11) is 0. The molecule has 1 aromatic carbocycles. The standard InChI is InChI=1S/C15H12Cl2N2OS/c1-9-7-14(21-13(9)3-2-6-18)15(20)19-10-4-5-11(16)12(17)8-10/h4-5,7-8H,6,18H2,1H3,(H,19,20). The first kappa shape index (κ1) is 15.9. The van der Waals surface area contributed by atoms with Crippen LogP contribution in [0.25, 0.3) is 0 Å². The number of carbonyl (C=O) groups excluding carboxylic acids is 1. The first-order valence-corrected chi connectivity index (χ1v) is 7.64. The topological polar surface area (TPSA) is 55.1 Å². The van der Waals surface area contributed by atoms with Gasteiger partial charge >= 0.3 is 0 Å². The molecule has 3 N–H and O–H groups in total. The maximum Gasteiger partial charge on any atom is 0.265 e. The van der Waals surface area contributed by atoms with Crippen LogP contribution in [0.5, 0.6) is 0 Å². The minimum Gasteiger partial charge on any atom is -0.321 e. The first-order chi connectivity index (χ1) is 10.0. The van der Waals surface area contributed by atoms with E-state index in [9.17, 15) is 4.79 Å². The van der Waals surface area contributed by atoms with Crippen LogP contribution < -0.4 is 11.1 Å². The Bertz CT molecular complexity index is 744. The molecule has 0 aliphatic heterocycles. The van der Waals surface area contributed by atoms with Crippen LogP contribution in [-0.2, 0) is 0 Å². The second-order valence-corrected chi connectivity index (χ2v) is 6.08. The van der Waals surface area contributed by atoms with E-state index in [0.717, 1.165) is 10.4 Å². The van der Waals surface area contributed by atoms with Crippen molar-refractivity contribution in [2.75, 3.05) is 11.9 Å². The number of nitrogens with two attached hydrogens (primary N) is 1. The van der Waals surface area contributed by atoms with Crippen LogP contribution in [0.1, 0.15) is 20.1 Å². The van der Waals surface area contributed by atoms with Gasteiger partial charge < -0.3 is 11.1 Å². The van der Waals surface area contributed by atoms with E-state index in [4.69, 9.17) is 28.9 Å². The first-order valence-electron chi connectivity index (χ1n) is 6.07. The van der Waals surface area contributed by atoms with E-state index in [0.29, 0.717) is 27.2 Å². The zero-order valence-electron chi connectivity index (χ0n) is 11.2. The average Bonchev–Trinajstić information content (AvgIpc) is 2.82. The van der Waals surface area contributed by atoms with Crippen molar-refractivity contribution >= 4 is 46.1 Å². The van der Waals surface area contributed by atoms with Crippen LogP contribution in [0.3, 0.4) is 0 Å². The van der Waals surface area contributed by atoms with Crippen LogP contribution in [0.2, 0.25) is 10.0 Å². The van der Waals surface area contributed by atoms with Gasteiger partial charge in [-0.15, -0.1) is 11.3 Å². The molecule has 0 saturated heterocycles. The minimum atomic E-state index is -0.206. The normalized spacial score (nSPS) is 9.90. The lowest BCUT2D eigenvalue weighted by Crippen LogP contribution is -2.09. The molecule has 0 aliphatic rings. The molecule has 1 heterocycles. The summed E-state index contributed by atoms with van der Waals surface area (Å²) in [6.45, 7) is 2.20. The van der Waals surface area contributed by atoms with Crippen molar-refractivity contribution in [3.8, 4) is 11.8 Å². The summed E-state index contributed by atoms with van der Waals surface area (Å²) in [6.07, 6.45) is 0. The van der Waals surface area contributed by atoms with E-state index in [2.05, 4.69) is 17.2 Å². The number of benzene rings is 1. The maximum absolute atomic E-state index is 12.2. The van der Waals surface area contributed by atoms with Gasteiger partial charge in [0.25, 0.3) is 5.91 Å². The highest BCUT2D eigenvalue weighted by atomic mass is 35.5. The number of rotatable bonds is 2. The summed E-state index contributed by atoms with van der Waals surface area (Å²) in [5, 5.41) is 3.62. The van der Waals surface area contributed by atoms with Gasteiger partial charge in [-0.1, -0.05) is 35.0 Å². The van der Waals surface area contributed by atoms with Gasteiger partial charge in [-0.05, 0) is 36.8 Å². The molecule has 3 nitrogen and oxygen atoms in total. The Morgan fingerprint density at radius 1 is 1.33 bits per heavy atom. The molecule has 0 bridgehead atoms. The van der Waals surface area contributed by atoms with E-state index in [1.165, 1.54) is 11.3 Å². The van der Waals surface area contributed by atoms with Crippen molar-refractivity contribution in [1.82, 2.24) is 0 Å². The SMILES string of the molecule is Cc1cc(C(=O)Nc2ccc(Cl)c(Cl)c2)sc1C#CCN. The highest BCUT2D eigenvalue weighted by Gasteiger charge is 2.12. The number of anilines is 1. The Labute approximate surface area is 137 Å². The Morgan fingerprint density at radius 2 is 2.10 bits per heavy atom. The summed E-state index contributed by atoms with van der Waals surface area (Å²) in [5.41, 5.74) is 6.90. The molecule has 1 amide bonds. The lowest BCUT2D eigenvalue weighted by Gasteiger charge is -2.04. The number of hydrogen-bond acceptors (Lipinski definition) is 3. The number of thiophene rings is 1. The quantitative estimate of drug-likeness (QED) is 0.815. The highest BCUT2D eigenvalue weighted by molar-refractivity contribution is 7.14. The van der Waals surface area contributed by atoms with E-state index < -0.39 is 0 Å². The smallest absolute Gasteiger partial charge is 0.265 e. The second kappa shape index (κ2) is 6.97. The average molecular weight is 339 g/mol. The predicted octanol–water partition coefficient (Wildman–Crippen LogP) is 3.93. The van der Waals surface area contributed by atoms with Gasteiger partial charge in [-0.3, -0.25) is 4.79 Å². The number of amides is 1. The van der Waals surface area contributed by atoms with E-state index in [1.807, 2.05) is 6.92 Å². The summed E-state index contributed by atoms with van der Waals surface area (Å²) in [4.78, 5) is 13.6. The Morgan fingerprint density at radius 3 is 2.76 bits per heavy atom. The number of nitrogens with one attached hydrogen (secondary N) is 1. The molecule has 0 atom stereocenters. The van der Waals surface area contributed by atoms with Gasteiger partial charge in [-0.25, -0.2) is 0 Å². The Hall–Kier alpha value is -1.51. The molecule has 6 heteroatoms. The molecule has 0 aliphatic carbocycles. The Kier molecular flexibility index (Phi) is 5.27. The summed E-state index contributed by atoms with van der Waals surface area (Å²) >= 11 is 13.1. The third-order valence-corrected chi connectivity index (χ3v) is 4.51. The van der Waals surface area contributed by atoms with Crippen LogP contribution >= 0.6 is 34.5 Å². The molecule has 1 aromatic heterocycles. The fourth-order valence-corrected chi connectivity index (χ4v) is 2.86. The van der Waals surface area contributed by atoms with Crippen molar-refractivity contribution in [2.24, 2.45) is 5.73 Å². The highest BCUT2D eigenvalue weighted by Crippen LogP contribution is 2.26. The van der Waals surface area contributed by atoms with E-state index in [1.54, 1.807) is 24.3 Å². The van der Waals surface area contributed by atoms with Crippen molar-refractivity contribution in [3.63, 3.8) is 0 Å². The van der Waals surface area contributed by atoms with Gasteiger partial charge in [0.2, 0.25) is 0 Å². The van der Waals surface area contributed by atoms with Crippen LogP contribution in [-0.4, -0.2) is 12.5 Å². The summed E-state index contributed by atoms with van der Waals surface area (Å²) in [5.74, 6) is 5.53.